The maximum Gasteiger partial charge on any atom is 0.201 e. The molecule has 0 aliphatic rings. The van der Waals surface area contributed by atoms with E-state index in [4.69, 9.17) is 0 Å². The summed E-state index contributed by atoms with van der Waals surface area (Å²) in [7, 11) is -0.0583. The van der Waals surface area contributed by atoms with Crippen LogP contribution in [-0.2, 0) is 0 Å². The van der Waals surface area contributed by atoms with E-state index in [1.807, 2.05) is 0 Å². The van der Waals surface area contributed by atoms with Crippen LogP contribution < -0.4 is 17.0 Å². The number of fused-ring (bicyclic) bond motifs is 1. The number of benzene rings is 3. The molecule has 120 valence electrons. The predicted octanol–water partition coefficient (Wildman–Crippen LogP) is 4.32. The minimum absolute atomic E-state index is 0. The molecule has 4 aromatic rings. The van der Waals surface area contributed by atoms with E-state index < -0.39 is 0 Å². The largest absolute Gasteiger partial charge is 1.00 e. The Morgan fingerprint density at radius 2 is 1.38 bits per heavy atom. The van der Waals surface area contributed by atoms with Crippen molar-refractivity contribution in [2.45, 2.75) is 6.92 Å². The molecule has 0 bridgehead atoms. The lowest BCUT2D eigenvalue weighted by molar-refractivity contribution is -0.00000426. The lowest BCUT2D eigenvalue weighted by Crippen LogP contribution is -3.00. The molecule has 0 saturated carbocycles. The fourth-order valence-corrected chi connectivity index (χ4v) is 6.49. The molecule has 24 heavy (non-hydrogen) atoms. The number of aryl methyl sites for hydroxylation is 1. The van der Waals surface area contributed by atoms with E-state index in [-0.39, 0.29) is 27.5 Å². The topological polar surface area (TPSA) is 0 Å². The van der Waals surface area contributed by atoms with E-state index in [1.165, 1.54) is 35.5 Å². The Labute approximate surface area is 164 Å². The minimum atomic E-state index is -0.0583. The number of hydrogen-bond donors (Lipinski definition) is 0. The first-order valence-electron chi connectivity index (χ1n) is 7.61. The summed E-state index contributed by atoms with van der Waals surface area (Å²) in [6.45, 7) is 2.13. The molecule has 0 spiro atoms. The Morgan fingerprint density at radius 1 is 0.750 bits per heavy atom. The molecule has 3 aromatic carbocycles. The van der Waals surface area contributed by atoms with E-state index in [9.17, 15) is 0 Å². The zero-order chi connectivity index (χ0) is 15.8. The maximum absolute atomic E-state index is 3.88. The summed E-state index contributed by atoms with van der Waals surface area (Å²) < 4.78 is 2.63. The molecule has 0 radical (unpaired) electrons. The lowest BCUT2D eigenvalue weighted by atomic mass is 10.1. The smallest absolute Gasteiger partial charge is 0.201 e. The number of rotatable bonds is 2. The standard InChI is InChI=1S/C21H16BrS.BrH/c1-15-11-13-16(14-12-15)21-20(22)18-9-5-6-10-19(18)23(21)17-7-3-2-4-8-17;/h2-14H,1H3;1H/q+1;/p-1. The van der Waals surface area contributed by atoms with Crippen molar-refractivity contribution in [3.63, 3.8) is 0 Å². The first-order chi connectivity index (χ1) is 11.3. The second-order valence-corrected chi connectivity index (χ2v) is 8.35. The van der Waals surface area contributed by atoms with Crippen molar-refractivity contribution in [3.8, 4) is 15.3 Å². The molecule has 4 rings (SSSR count). The predicted molar refractivity (Wildman–Crippen MR) is 106 cm³/mol. The summed E-state index contributed by atoms with van der Waals surface area (Å²) in [4.78, 5) is 2.75. The third kappa shape index (κ3) is 2.97. The first kappa shape index (κ1) is 17.4. The van der Waals surface area contributed by atoms with Gasteiger partial charge in [0.15, 0.2) is 9.60 Å². The third-order valence-corrected chi connectivity index (χ3v) is 7.51. The average Bonchev–Trinajstić information content (AvgIpc) is 2.90. The lowest BCUT2D eigenvalue weighted by Gasteiger charge is -2.00. The van der Waals surface area contributed by atoms with Gasteiger partial charge in [-0.2, -0.15) is 0 Å². The molecular weight excluding hydrogens is 444 g/mol. The van der Waals surface area contributed by atoms with Crippen LogP contribution in [0.2, 0.25) is 0 Å². The molecular formula is C21H16Br2S. The Bertz CT molecular complexity index is 970. The summed E-state index contributed by atoms with van der Waals surface area (Å²) in [5.74, 6) is 0. The second kappa shape index (κ2) is 7.22. The zero-order valence-electron chi connectivity index (χ0n) is 13.2. The summed E-state index contributed by atoms with van der Waals surface area (Å²) in [5.41, 5.74) is 2.59. The van der Waals surface area contributed by atoms with Gasteiger partial charge in [-0.3, -0.25) is 0 Å². The summed E-state index contributed by atoms with van der Waals surface area (Å²) in [5, 5.41) is 1.32. The maximum atomic E-state index is 3.88. The van der Waals surface area contributed by atoms with E-state index in [1.54, 1.807) is 0 Å². The van der Waals surface area contributed by atoms with Crippen molar-refractivity contribution < 1.29 is 17.0 Å². The monoisotopic (exact) mass is 458 g/mol. The van der Waals surface area contributed by atoms with Crippen molar-refractivity contribution in [2.75, 3.05) is 0 Å². The molecule has 1 unspecified atom stereocenters. The van der Waals surface area contributed by atoms with Gasteiger partial charge in [0, 0.05) is 16.0 Å². The van der Waals surface area contributed by atoms with Gasteiger partial charge >= 0.3 is 0 Å². The fraction of sp³-hybridized carbons (Fsp3) is 0.0476. The van der Waals surface area contributed by atoms with E-state index in [2.05, 4.69) is 102 Å². The van der Waals surface area contributed by atoms with Crippen LogP contribution in [0.5, 0.6) is 0 Å². The van der Waals surface area contributed by atoms with Crippen molar-refractivity contribution >= 4 is 36.5 Å². The fourth-order valence-electron chi connectivity index (χ4n) is 2.90. The van der Waals surface area contributed by atoms with Gasteiger partial charge in [-0.15, -0.1) is 0 Å². The van der Waals surface area contributed by atoms with E-state index in [0.29, 0.717) is 0 Å². The molecule has 1 aromatic heterocycles. The Morgan fingerprint density at radius 3 is 2.08 bits per heavy atom. The summed E-state index contributed by atoms with van der Waals surface area (Å²) >= 11 is 3.88. The molecule has 0 aliphatic heterocycles. The molecule has 0 nitrogen and oxygen atoms in total. The van der Waals surface area contributed by atoms with Crippen LogP contribution in [-0.4, -0.2) is 0 Å². The van der Waals surface area contributed by atoms with Crippen molar-refractivity contribution in [3.05, 3.63) is 88.9 Å². The molecule has 3 heteroatoms. The van der Waals surface area contributed by atoms with Crippen LogP contribution in [0.4, 0.5) is 0 Å². The van der Waals surface area contributed by atoms with E-state index >= 15 is 0 Å². The van der Waals surface area contributed by atoms with Crippen LogP contribution >= 0.6 is 26.4 Å². The van der Waals surface area contributed by atoms with E-state index in [0.717, 1.165) is 0 Å². The number of halogens is 2. The average molecular weight is 460 g/mol. The third-order valence-electron chi connectivity index (χ3n) is 4.04. The molecule has 0 aliphatic carbocycles. The molecule has 0 amide bonds. The van der Waals surface area contributed by atoms with Crippen LogP contribution in [0.25, 0.3) is 25.4 Å². The van der Waals surface area contributed by atoms with Crippen LogP contribution in [0, 0.1) is 6.92 Å². The highest BCUT2D eigenvalue weighted by Crippen LogP contribution is 2.53. The van der Waals surface area contributed by atoms with Gasteiger partial charge in [0.2, 0.25) is 4.88 Å². The van der Waals surface area contributed by atoms with Crippen molar-refractivity contribution in [1.29, 1.82) is 0 Å². The quantitative estimate of drug-likeness (QED) is 0.391. The van der Waals surface area contributed by atoms with Crippen molar-refractivity contribution in [1.82, 2.24) is 0 Å². The molecule has 0 saturated heterocycles. The number of thiophene rings is 1. The van der Waals surface area contributed by atoms with Gasteiger partial charge in [0.05, 0.1) is 9.86 Å². The van der Waals surface area contributed by atoms with Crippen LogP contribution in [0.1, 0.15) is 5.56 Å². The van der Waals surface area contributed by atoms with Gasteiger partial charge in [0.25, 0.3) is 0 Å². The highest BCUT2D eigenvalue weighted by molar-refractivity contribution is 9.10. The normalized spacial score (nSPS) is 11.3. The summed E-state index contributed by atoms with van der Waals surface area (Å²) in [6.07, 6.45) is 0. The molecule has 0 N–H and O–H groups in total. The minimum Gasteiger partial charge on any atom is -1.00 e. The highest BCUT2D eigenvalue weighted by Gasteiger charge is 2.28. The Kier molecular flexibility index (Phi) is 5.24. The summed E-state index contributed by atoms with van der Waals surface area (Å²) in [6, 6.07) is 28.4. The van der Waals surface area contributed by atoms with Gasteiger partial charge in [0.1, 0.15) is 0 Å². The van der Waals surface area contributed by atoms with Crippen molar-refractivity contribution in [2.24, 2.45) is 0 Å². The van der Waals surface area contributed by atoms with Gasteiger partial charge < -0.3 is 17.0 Å². The van der Waals surface area contributed by atoms with Gasteiger partial charge in [-0.1, -0.05) is 48.0 Å². The van der Waals surface area contributed by atoms with Gasteiger partial charge in [-0.05, 0) is 59.3 Å². The Balaban J connectivity index is 0.00000169. The molecule has 1 atom stereocenters. The highest BCUT2D eigenvalue weighted by atomic mass is 79.9. The molecule has 0 fully saturated rings. The Hall–Kier alpha value is -1.42. The van der Waals surface area contributed by atoms with Gasteiger partial charge in [-0.25, -0.2) is 0 Å². The molecule has 1 heterocycles. The zero-order valence-corrected chi connectivity index (χ0v) is 17.2. The van der Waals surface area contributed by atoms with Crippen LogP contribution in [0.15, 0.2) is 83.3 Å². The first-order valence-corrected chi connectivity index (χ1v) is 9.63. The second-order valence-electron chi connectivity index (χ2n) is 5.62. The van der Waals surface area contributed by atoms with Crippen LogP contribution in [0.3, 0.4) is 0 Å². The SMILES string of the molecule is Cc1ccc(-c2c(Br)c3ccccc3[s+]2-c2ccccc2)cc1.[Br-]. The number of hydrogen-bond acceptors (Lipinski definition) is 0.